The Kier molecular flexibility index (Phi) is 9.84. The molecule has 0 amide bonds. The SMILES string of the molecule is C[C@H](CC(=O)C[C@@H](CC(=O)O)C(=O)O)[C@@H](Cc1ccc(Cl)c(Cl)c1)c1ccc(-c2ccccc2)c(F)c1. The van der Waals surface area contributed by atoms with Gasteiger partial charge in [0, 0.05) is 18.4 Å². The van der Waals surface area contributed by atoms with Crippen molar-refractivity contribution in [1.29, 1.82) is 0 Å². The number of carboxylic acids is 2. The Morgan fingerprint density at radius 3 is 2.16 bits per heavy atom. The molecule has 0 heterocycles. The molecular formula is C29H27Cl2FO5. The second-order valence-corrected chi connectivity index (χ2v) is 10.0. The highest BCUT2D eigenvalue weighted by atomic mass is 35.5. The normalized spacial score (nSPS) is 13.5. The maximum Gasteiger partial charge on any atom is 0.307 e. The van der Waals surface area contributed by atoms with Crippen LogP contribution in [0.15, 0.2) is 66.7 Å². The maximum absolute atomic E-state index is 15.2. The zero-order valence-electron chi connectivity index (χ0n) is 20.2. The van der Waals surface area contributed by atoms with E-state index in [1.165, 1.54) is 6.07 Å². The molecule has 37 heavy (non-hydrogen) atoms. The van der Waals surface area contributed by atoms with Crippen LogP contribution in [0.4, 0.5) is 4.39 Å². The first-order valence-electron chi connectivity index (χ1n) is 11.8. The summed E-state index contributed by atoms with van der Waals surface area (Å²) in [5, 5.41) is 19.1. The molecule has 0 spiro atoms. The second-order valence-electron chi connectivity index (χ2n) is 9.22. The van der Waals surface area contributed by atoms with Gasteiger partial charge >= 0.3 is 11.9 Å². The summed E-state index contributed by atoms with van der Waals surface area (Å²) in [5.74, 6) is -5.26. The number of Topliss-reactive ketones (excluding diaryl/α,β-unsaturated/α-hetero) is 1. The molecule has 0 aliphatic rings. The smallest absolute Gasteiger partial charge is 0.307 e. The van der Waals surface area contributed by atoms with Crippen molar-refractivity contribution in [2.75, 3.05) is 0 Å². The van der Waals surface area contributed by atoms with Crippen LogP contribution in [0.1, 0.15) is 43.2 Å². The fourth-order valence-electron chi connectivity index (χ4n) is 4.50. The minimum atomic E-state index is -1.32. The van der Waals surface area contributed by atoms with Crippen LogP contribution in [-0.4, -0.2) is 27.9 Å². The number of carboxylic acid groups (broad SMARTS) is 2. The highest BCUT2D eigenvalue weighted by molar-refractivity contribution is 6.42. The molecule has 0 bridgehead atoms. The quantitative estimate of drug-likeness (QED) is 0.250. The van der Waals surface area contributed by atoms with Gasteiger partial charge in [0.25, 0.3) is 0 Å². The summed E-state index contributed by atoms with van der Waals surface area (Å²) < 4.78 is 15.2. The Hall–Kier alpha value is -3.22. The number of hydrogen-bond donors (Lipinski definition) is 2. The standard InChI is InChI=1S/C29H27Cl2FO5/c1-17(11-22(33)14-21(29(36)37)16-28(34)35)24(12-18-7-10-25(30)26(31)13-18)20-8-9-23(27(32)15-20)19-5-3-2-4-6-19/h2-10,13,15,17,21,24H,11-12,14,16H2,1H3,(H,34,35)(H,36,37)/t17-,21+,24-/m1/s1. The lowest BCUT2D eigenvalue weighted by atomic mass is 9.79. The fourth-order valence-corrected chi connectivity index (χ4v) is 4.82. The zero-order valence-corrected chi connectivity index (χ0v) is 21.7. The van der Waals surface area contributed by atoms with E-state index in [4.69, 9.17) is 28.3 Å². The molecule has 3 atom stereocenters. The van der Waals surface area contributed by atoms with E-state index in [0.29, 0.717) is 27.6 Å². The van der Waals surface area contributed by atoms with Crippen LogP contribution < -0.4 is 0 Å². The van der Waals surface area contributed by atoms with Gasteiger partial charge < -0.3 is 10.2 Å². The van der Waals surface area contributed by atoms with E-state index in [1.54, 1.807) is 18.2 Å². The van der Waals surface area contributed by atoms with Gasteiger partial charge in [-0.05, 0) is 53.1 Å². The number of aliphatic carboxylic acids is 2. The van der Waals surface area contributed by atoms with Gasteiger partial charge in [-0.1, -0.05) is 78.7 Å². The van der Waals surface area contributed by atoms with Gasteiger partial charge in [0.05, 0.1) is 22.4 Å². The molecule has 0 saturated carbocycles. The van der Waals surface area contributed by atoms with E-state index in [2.05, 4.69) is 0 Å². The van der Waals surface area contributed by atoms with Crippen LogP contribution in [0.3, 0.4) is 0 Å². The number of hydrogen-bond acceptors (Lipinski definition) is 3. The Balaban J connectivity index is 1.89. The van der Waals surface area contributed by atoms with Crippen molar-refractivity contribution in [3.05, 3.63) is 93.7 Å². The van der Waals surface area contributed by atoms with E-state index in [0.717, 1.165) is 11.1 Å². The van der Waals surface area contributed by atoms with Crippen LogP contribution in [-0.2, 0) is 20.8 Å². The van der Waals surface area contributed by atoms with Crippen LogP contribution in [0.25, 0.3) is 11.1 Å². The number of benzene rings is 3. The molecule has 0 aromatic heterocycles. The zero-order chi connectivity index (χ0) is 27.1. The molecule has 194 valence electrons. The van der Waals surface area contributed by atoms with Gasteiger partial charge in [0.15, 0.2) is 0 Å². The van der Waals surface area contributed by atoms with E-state index in [9.17, 15) is 19.5 Å². The Bertz CT molecular complexity index is 1280. The summed E-state index contributed by atoms with van der Waals surface area (Å²) >= 11 is 12.3. The predicted octanol–water partition coefficient (Wildman–Crippen LogP) is 7.29. The van der Waals surface area contributed by atoms with Crippen molar-refractivity contribution in [1.82, 2.24) is 0 Å². The van der Waals surface area contributed by atoms with Crippen molar-refractivity contribution >= 4 is 40.9 Å². The minimum absolute atomic E-state index is 0.0114. The summed E-state index contributed by atoms with van der Waals surface area (Å²) in [6.45, 7) is 1.84. The summed E-state index contributed by atoms with van der Waals surface area (Å²) in [4.78, 5) is 35.2. The number of halogens is 3. The molecular weight excluding hydrogens is 518 g/mol. The summed E-state index contributed by atoms with van der Waals surface area (Å²) in [5.41, 5.74) is 2.73. The van der Waals surface area contributed by atoms with Gasteiger partial charge in [-0.15, -0.1) is 0 Å². The van der Waals surface area contributed by atoms with E-state index >= 15 is 4.39 Å². The van der Waals surface area contributed by atoms with Crippen molar-refractivity contribution < 1.29 is 29.0 Å². The number of rotatable bonds is 12. The van der Waals surface area contributed by atoms with Gasteiger partial charge in [0.2, 0.25) is 0 Å². The lowest BCUT2D eigenvalue weighted by molar-refractivity contribution is -0.149. The third kappa shape index (κ3) is 7.88. The van der Waals surface area contributed by atoms with Gasteiger partial charge in [0.1, 0.15) is 11.6 Å². The molecule has 0 fully saturated rings. The number of carbonyl (C=O) groups excluding carboxylic acids is 1. The maximum atomic E-state index is 15.2. The van der Waals surface area contributed by atoms with E-state index < -0.39 is 30.1 Å². The lowest BCUT2D eigenvalue weighted by Gasteiger charge is -2.25. The van der Waals surface area contributed by atoms with Crippen molar-refractivity contribution in [2.45, 2.75) is 38.5 Å². The van der Waals surface area contributed by atoms with E-state index in [-0.39, 0.29) is 30.5 Å². The Morgan fingerprint density at radius 1 is 0.865 bits per heavy atom. The first-order valence-corrected chi connectivity index (χ1v) is 12.6. The summed E-state index contributed by atoms with van der Waals surface area (Å²) in [6, 6.07) is 19.4. The van der Waals surface area contributed by atoms with Crippen molar-refractivity contribution in [3.8, 4) is 11.1 Å². The van der Waals surface area contributed by atoms with Crippen LogP contribution in [0, 0.1) is 17.7 Å². The average molecular weight is 545 g/mol. The van der Waals surface area contributed by atoms with Gasteiger partial charge in [-0.2, -0.15) is 0 Å². The van der Waals surface area contributed by atoms with Gasteiger partial charge in [-0.3, -0.25) is 14.4 Å². The molecule has 0 aliphatic heterocycles. The molecule has 8 heteroatoms. The number of ketones is 1. The first kappa shape index (κ1) is 28.4. The summed E-state index contributed by atoms with van der Waals surface area (Å²) in [6.07, 6.45) is -0.564. The lowest BCUT2D eigenvalue weighted by Crippen LogP contribution is -2.23. The third-order valence-corrected chi connectivity index (χ3v) is 7.17. The molecule has 5 nitrogen and oxygen atoms in total. The molecule has 2 N–H and O–H groups in total. The first-order chi connectivity index (χ1) is 17.5. The van der Waals surface area contributed by atoms with Crippen molar-refractivity contribution in [3.63, 3.8) is 0 Å². The molecule has 0 radical (unpaired) electrons. The molecule has 3 aromatic rings. The largest absolute Gasteiger partial charge is 0.481 e. The number of carbonyl (C=O) groups is 3. The second kappa shape index (κ2) is 12.8. The predicted molar refractivity (Wildman–Crippen MR) is 142 cm³/mol. The van der Waals surface area contributed by atoms with Crippen LogP contribution in [0.5, 0.6) is 0 Å². The Morgan fingerprint density at radius 2 is 1.57 bits per heavy atom. The average Bonchev–Trinajstić information content (AvgIpc) is 2.84. The molecule has 0 unspecified atom stereocenters. The minimum Gasteiger partial charge on any atom is -0.481 e. The van der Waals surface area contributed by atoms with Crippen LogP contribution in [0.2, 0.25) is 10.0 Å². The molecule has 3 rings (SSSR count). The van der Waals surface area contributed by atoms with Gasteiger partial charge in [-0.25, -0.2) is 4.39 Å². The molecule has 3 aromatic carbocycles. The molecule has 0 aliphatic carbocycles. The Labute approximate surface area is 224 Å². The third-order valence-electron chi connectivity index (χ3n) is 6.43. The monoisotopic (exact) mass is 544 g/mol. The van der Waals surface area contributed by atoms with E-state index in [1.807, 2.05) is 49.4 Å². The highest BCUT2D eigenvalue weighted by Crippen LogP contribution is 2.35. The van der Waals surface area contributed by atoms with Crippen LogP contribution >= 0.6 is 23.2 Å². The topological polar surface area (TPSA) is 91.7 Å². The van der Waals surface area contributed by atoms with Crippen molar-refractivity contribution in [2.24, 2.45) is 11.8 Å². The summed E-state index contributed by atoms with van der Waals surface area (Å²) in [7, 11) is 0. The highest BCUT2D eigenvalue weighted by Gasteiger charge is 2.28. The molecule has 0 saturated heterocycles. The fraction of sp³-hybridized carbons (Fsp3) is 0.276.